The molecule has 0 saturated carbocycles. The van der Waals surface area contributed by atoms with Crippen molar-refractivity contribution in [3.63, 3.8) is 0 Å². The van der Waals surface area contributed by atoms with E-state index in [0.717, 1.165) is 31.4 Å². The van der Waals surface area contributed by atoms with Crippen LogP contribution in [0.3, 0.4) is 0 Å². The molecule has 0 atom stereocenters. The van der Waals surface area contributed by atoms with Crippen molar-refractivity contribution in [2.24, 2.45) is 5.92 Å². The summed E-state index contributed by atoms with van der Waals surface area (Å²) in [4.78, 5) is 11.6. The molecule has 0 radical (unpaired) electrons. The molecule has 0 N–H and O–H groups in total. The lowest BCUT2D eigenvalue weighted by Gasteiger charge is -2.12. The minimum absolute atomic E-state index is 0.272. The Morgan fingerprint density at radius 2 is 2.38 bits per heavy atom. The minimum Gasteiger partial charge on any atom is -0.501 e. The minimum atomic E-state index is 0.272. The molecule has 0 saturated heterocycles. The van der Waals surface area contributed by atoms with Gasteiger partial charge >= 0.3 is 0 Å². The molecule has 0 aromatic rings. The molecule has 0 amide bonds. The van der Waals surface area contributed by atoms with E-state index in [9.17, 15) is 4.79 Å². The van der Waals surface area contributed by atoms with Crippen molar-refractivity contribution in [1.29, 1.82) is 0 Å². The molecule has 74 valence electrons. The van der Waals surface area contributed by atoms with Gasteiger partial charge in [0.05, 0.1) is 12.9 Å². The van der Waals surface area contributed by atoms with Crippen LogP contribution in [0.2, 0.25) is 0 Å². The highest BCUT2D eigenvalue weighted by Gasteiger charge is 2.13. The number of rotatable bonds is 4. The molecule has 0 unspecified atom stereocenters. The van der Waals surface area contributed by atoms with Gasteiger partial charge in [-0.2, -0.15) is 0 Å². The molecule has 2 heteroatoms. The van der Waals surface area contributed by atoms with E-state index in [-0.39, 0.29) is 5.78 Å². The van der Waals surface area contributed by atoms with E-state index < -0.39 is 0 Å². The lowest BCUT2D eigenvalue weighted by molar-refractivity contribution is -0.116. The topological polar surface area (TPSA) is 26.3 Å². The van der Waals surface area contributed by atoms with Gasteiger partial charge in [0.2, 0.25) is 0 Å². The molecule has 0 aromatic heterocycles. The average molecular weight is 182 g/mol. The molecule has 1 aliphatic rings. The monoisotopic (exact) mass is 182 g/mol. The van der Waals surface area contributed by atoms with Gasteiger partial charge in [-0.25, -0.2) is 0 Å². The summed E-state index contributed by atoms with van der Waals surface area (Å²) in [5.41, 5.74) is 0.881. The first kappa shape index (κ1) is 10.3. The fourth-order valence-corrected chi connectivity index (χ4v) is 1.35. The first-order valence-electron chi connectivity index (χ1n) is 5.04. The summed E-state index contributed by atoms with van der Waals surface area (Å²) in [5, 5.41) is 0. The smallest absolute Gasteiger partial charge is 0.161 e. The van der Waals surface area contributed by atoms with E-state index in [1.54, 1.807) is 6.26 Å². The number of ether oxygens (including phenoxy) is 1. The Bertz CT molecular complexity index is 204. The van der Waals surface area contributed by atoms with Gasteiger partial charge in [0.25, 0.3) is 0 Å². The predicted octanol–water partition coefficient (Wildman–Crippen LogP) is 2.69. The molecule has 0 bridgehead atoms. The zero-order valence-corrected chi connectivity index (χ0v) is 8.51. The zero-order valence-electron chi connectivity index (χ0n) is 8.51. The van der Waals surface area contributed by atoms with Crippen LogP contribution in [-0.2, 0) is 9.53 Å². The van der Waals surface area contributed by atoms with Crippen LogP contribution in [0.25, 0.3) is 0 Å². The van der Waals surface area contributed by atoms with Crippen LogP contribution in [0.5, 0.6) is 0 Å². The van der Waals surface area contributed by atoms with Crippen LogP contribution in [0.4, 0.5) is 0 Å². The highest BCUT2D eigenvalue weighted by molar-refractivity contribution is 5.95. The van der Waals surface area contributed by atoms with Crippen LogP contribution >= 0.6 is 0 Å². The van der Waals surface area contributed by atoms with Crippen molar-refractivity contribution in [3.8, 4) is 0 Å². The van der Waals surface area contributed by atoms with Crippen LogP contribution in [0.15, 0.2) is 11.8 Å². The lowest BCUT2D eigenvalue weighted by atomic mass is 9.99. The van der Waals surface area contributed by atoms with E-state index in [4.69, 9.17) is 4.74 Å². The van der Waals surface area contributed by atoms with Crippen molar-refractivity contribution in [3.05, 3.63) is 11.8 Å². The average Bonchev–Trinajstić information content (AvgIpc) is 2.15. The second-order valence-corrected chi connectivity index (χ2v) is 3.97. The normalized spacial score (nSPS) is 16.7. The molecule has 0 aromatic carbocycles. The molecule has 0 spiro atoms. The van der Waals surface area contributed by atoms with Gasteiger partial charge in [-0.15, -0.1) is 0 Å². The molecular formula is C11H18O2. The molecule has 1 rings (SSSR count). The number of allylic oxidation sites excluding steroid dienone is 1. The number of hydrogen-bond acceptors (Lipinski definition) is 2. The Kier molecular flexibility index (Phi) is 4.00. The summed E-state index contributed by atoms with van der Waals surface area (Å²) >= 11 is 0. The Balaban J connectivity index is 2.34. The Morgan fingerprint density at radius 3 is 2.92 bits per heavy atom. The lowest BCUT2D eigenvalue weighted by Crippen LogP contribution is -2.09. The van der Waals surface area contributed by atoms with Crippen molar-refractivity contribution >= 4 is 5.78 Å². The van der Waals surface area contributed by atoms with Crippen LogP contribution in [0, 0.1) is 5.92 Å². The largest absolute Gasteiger partial charge is 0.501 e. The van der Waals surface area contributed by atoms with Gasteiger partial charge in [0, 0.05) is 12.0 Å². The second kappa shape index (κ2) is 5.05. The summed E-state index contributed by atoms with van der Waals surface area (Å²) in [7, 11) is 0. The Labute approximate surface area is 80.0 Å². The third kappa shape index (κ3) is 3.62. The van der Waals surface area contributed by atoms with E-state index in [0.29, 0.717) is 12.3 Å². The zero-order chi connectivity index (χ0) is 9.68. The summed E-state index contributed by atoms with van der Waals surface area (Å²) in [6.07, 6.45) is 5.19. The van der Waals surface area contributed by atoms with Gasteiger partial charge in [-0.3, -0.25) is 4.79 Å². The van der Waals surface area contributed by atoms with Gasteiger partial charge in [0.1, 0.15) is 0 Å². The Hall–Kier alpha value is -0.790. The van der Waals surface area contributed by atoms with Crippen molar-refractivity contribution in [2.45, 2.75) is 39.5 Å². The van der Waals surface area contributed by atoms with Crippen LogP contribution in [-0.4, -0.2) is 12.4 Å². The molecule has 0 aliphatic carbocycles. The van der Waals surface area contributed by atoms with E-state index >= 15 is 0 Å². The SMILES string of the molecule is CC(C)CCC(=O)C1=COCCC1. The molecule has 0 fully saturated rings. The number of hydrogen-bond donors (Lipinski definition) is 0. The maximum absolute atomic E-state index is 11.6. The first-order valence-corrected chi connectivity index (χ1v) is 5.04. The van der Waals surface area contributed by atoms with Crippen LogP contribution in [0.1, 0.15) is 39.5 Å². The van der Waals surface area contributed by atoms with E-state index in [2.05, 4.69) is 13.8 Å². The van der Waals surface area contributed by atoms with Gasteiger partial charge in [-0.05, 0) is 25.2 Å². The highest BCUT2D eigenvalue weighted by Crippen LogP contribution is 2.16. The molecular weight excluding hydrogens is 164 g/mol. The van der Waals surface area contributed by atoms with Gasteiger partial charge in [-0.1, -0.05) is 13.8 Å². The van der Waals surface area contributed by atoms with Gasteiger partial charge in [0.15, 0.2) is 5.78 Å². The summed E-state index contributed by atoms with van der Waals surface area (Å²) < 4.78 is 5.13. The second-order valence-electron chi connectivity index (χ2n) is 3.97. The fraction of sp³-hybridized carbons (Fsp3) is 0.727. The highest BCUT2D eigenvalue weighted by atomic mass is 16.5. The quantitative estimate of drug-likeness (QED) is 0.668. The van der Waals surface area contributed by atoms with Gasteiger partial charge < -0.3 is 4.74 Å². The van der Waals surface area contributed by atoms with Crippen LogP contribution < -0.4 is 0 Å². The standard InChI is InChI=1S/C11H18O2/c1-9(2)5-6-11(12)10-4-3-7-13-8-10/h8-9H,3-7H2,1-2H3. The van der Waals surface area contributed by atoms with Crippen molar-refractivity contribution < 1.29 is 9.53 Å². The fourth-order valence-electron chi connectivity index (χ4n) is 1.35. The van der Waals surface area contributed by atoms with E-state index in [1.165, 1.54) is 0 Å². The summed E-state index contributed by atoms with van der Waals surface area (Å²) in [6, 6.07) is 0. The third-order valence-corrected chi connectivity index (χ3v) is 2.24. The maximum Gasteiger partial charge on any atom is 0.161 e. The number of ketones is 1. The molecule has 2 nitrogen and oxygen atoms in total. The summed E-state index contributed by atoms with van der Waals surface area (Å²) in [5.74, 6) is 0.877. The number of carbonyl (C=O) groups is 1. The summed E-state index contributed by atoms with van der Waals surface area (Å²) in [6.45, 7) is 5.04. The van der Waals surface area contributed by atoms with Crippen molar-refractivity contribution in [1.82, 2.24) is 0 Å². The number of Topliss-reactive ketones (excluding diaryl/α,β-unsaturated/α-hetero) is 1. The third-order valence-electron chi connectivity index (χ3n) is 2.24. The Morgan fingerprint density at radius 1 is 1.62 bits per heavy atom. The predicted molar refractivity (Wildman–Crippen MR) is 52.3 cm³/mol. The molecule has 13 heavy (non-hydrogen) atoms. The van der Waals surface area contributed by atoms with E-state index in [1.807, 2.05) is 0 Å². The molecule has 1 aliphatic heterocycles. The maximum atomic E-state index is 11.6. The number of carbonyl (C=O) groups excluding carboxylic acids is 1. The molecule has 1 heterocycles. The van der Waals surface area contributed by atoms with Crippen molar-refractivity contribution in [2.75, 3.05) is 6.61 Å². The first-order chi connectivity index (χ1) is 6.20.